The van der Waals surface area contributed by atoms with Gasteiger partial charge >= 0.3 is 11.9 Å². The van der Waals surface area contributed by atoms with Crippen LogP contribution in [0.4, 0.5) is 5.69 Å². The molecule has 0 radical (unpaired) electrons. The Morgan fingerprint density at radius 1 is 1.12 bits per heavy atom. The van der Waals surface area contributed by atoms with Crippen molar-refractivity contribution in [3.63, 3.8) is 0 Å². The minimum absolute atomic E-state index is 0.0592. The molecule has 3 aliphatic rings. The molecule has 132 valence electrons. The van der Waals surface area contributed by atoms with E-state index in [-0.39, 0.29) is 12.5 Å². The van der Waals surface area contributed by atoms with Crippen LogP contribution in [0.25, 0.3) is 0 Å². The largest absolute Gasteiger partial charge is 0.422 e. The van der Waals surface area contributed by atoms with Gasteiger partial charge in [-0.25, -0.2) is 0 Å². The molecule has 4 rings (SSSR count). The monoisotopic (exact) mass is 344 g/mol. The molecule has 2 atom stereocenters. The van der Waals surface area contributed by atoms with Crippen LogP contribution in [-0.2, 0) is 29.4 Å². The third-order valence-corrected chi connectivity index (χ3v) is 5.79. The average molecular weight is 344 g/mol. The summed E-state index contributed by atoms with van der Waals surface area (Å²) in [6.07, 6.45) is 0. The van der Waals surface area contributed by atoms with Crippen molar-refractivity contribution < 1.29 is 23.9 Å². The molecule has 2 spiro atoms. The third-order valence-electron chi connectivity index (χ3n) is 5.79. The summed E-state index contributed by atoms with van der Waals surface area (Å²) < 4.78 is 10.8. The standard InChI is InChI=1S/C18H20N2O5/c1-10-17(14(22)24-16(2,3)25-15(17)23)9-20(4)18(10)11-7-5-6-8-12(11)19-13(18)21/h5-8,10H,9H2,1-4H3,(H,19,21). The van der Waals surface area contributed by atoms with Crippen molar-refractivity contribution in [3.05, 3.63) is 29.8 Å². The van der Waals surface area contributed by atoms with Gasteiger partial charge in [0.15, 0.2) is 5.41 Å². The minimum atomic E-state index is -1.53. The Balaban J connectivity index is 1.89. The highest BCUT2D eigenvalue weighted by atomic mass is 16.7. The maximum absolute atomic E-state index is 13.0. The predicted molar refractivity (Wildman–Crippen MR) is 87.2 cm³/mol. The summed E-state index contributed by atoms with van der Waals surface area (Å²) in [5, 5.41) is 2.87. The van der Waals surface area contributed by atoms with E-state index in [4.69, 9.17) is 9.47 Å². The van der Waals surface area contributed by atoms with E-state index in [9.17, 15) is 14.4 Å². The van der Waals surface area contributed by atoms with Gasteiger partial charge in [0, 0.05) is 37.6 Å². The van der Waals surface area contributed by atoms with Gasteiger partial charge < -0.3 is 14.8 Å². The molecule has 1 amide bonds. The quantitative estimate of drug-likeness (QED) is 0.563. The van der Waals surface area contributed by atoms with E-state index in [1.54, 1.807) is 18.9 Å². The first-order valence-electron chi connectivity index (χ1n) is 8.25. The van der Waals surface area contributed by atoms with Crippen LogP contribution in [0.2, 0.25) is 0 Å². The second kappa shape index (κ2) is 4.60. The molecular formula is C18H20N2O5. The molecule has 7 heteroatoms. The fourth-order valence-electron chi connectivity index (χ4n) is 4.61. The molecule has 0 saturated carbocycles. The maximum atomic E-state index is 13.0. The van der Waals surface area contributed by atoms with Gasteiger partial charge in [0.2, 0.25) is 5.91 Å². The van der Waals surface area contributed by atoms with Crippen molar-refractivity contribution >= 4 is 23.5 Å². The summed E-state index contributed by atoms with van der Waals surface area (Å²) in [6.45, 7) is 4.84. The van der Waals surface area contributed by atoms with E-state index < -0.39 is 34.6 Å². The number of nitrogens with one attached hydrogen (secondary N) is 1. The Morgan fingerprint density at radius 3 is 2.36 bits per heavy atom. The molecule has 1 aromatic carbocycles. The highest BCUT2D eigenvalue weighted by molar-refractivity contribution is 6.10. The van der Waals surface area contributed by atoms with Gasteiger partial charge in [0.05, 0.1) is 0 Å². The zero-order valence-electron chi connectivity index (χ0n) is 14.6. The lowest BCUT2D eigenvalue weighted by atomic mass is 9.68. The van der Waals surface area contributed by atoms with Crippen molar-refractivity contribution in [2.24, 2.45) is 11.3 Å². The van der Waals surface area contributed by atoms with Crippen molar-refractivity contribution in [2.75, 3.05) is 18.9 Å². The highest BCUT2D eigenvalue weighted by Crippen LogP contribution is 2.58. The molecule has 1 aromatic rings. The number of cyclic esters (lactones) is 2. The lowest BCUT2D eigenvalue weighted by Gasteiger charge is -2.41. The zero-order valence-corrected chi connectivity index (χ0v) is 14.6. The average Bonchev–Trinajstić information content (AvgIpc) is 2.94. The third kappa shape index (κ3) is 1.71. The van der Waals surface area contributed by atoms with Crippen molar-refractivity contribution in [2.45, 2.75) is 32.1 Å². The summed E-state index contributed by atoms with van der Waals surface area (Å²) >= 11 is 0. The van der Waals surface area contributed by atoms with Crippen LogP contribution in [-0.4, -0.2) is 42.1 Å². The molecule has 2 unspecified atom stereocenters. The van der Waals surface area contributed by atoms with Crippen LogP contribution in [0.1, 0.15) is 26.3 Å². The lowest BCUT2D eigenvalue weighted by Crippen LogP contribution is -2.58. The number of hydrogen-bond donors (Lipinski definition) is 1. The molecule has 2 fully saturated rings. The maximum Gasteiger partial charge on any atom is 0.328 e. The summed E-state index contributed by atoms with van der Waals surface area (Å²) in [6, 6.07) is 7.34. The molecule has 25 heavy (non-hydrogen) atoms. The number of rotatable bonds is 0. The number of fused-ring (bicyclic) bond motifs is 2. The van der Waals surface area contributed by atoms with Crippen LogP contribution in [0, 0.1) is 11.3 Å². The number of hydrogen-bond acceptors (Lipinski definition) is 6. The molecule has 7 nitrogen and oxygen atoms in total. The number of likely N-dealkylation sites (N-methyl/N-ethyl adjacent to an activating group) is 1. The number of para-hydroxylation sites is 1. The lowest BCUT2D eigenvalue weighted by molar-refractivity contribution is -0.252. The molecular weight excluding hydrogens is 324 g/mol. The van der Waals surface area contributed by atoms with Crippen molar-refractivity contribution in [1.29, 1.82) is 0 Å². The Labute approximate surface area is 145 Å². The van der Waals surface area contributed by atoms with Crippen LogP contribution in [0.5, 0.6) is 0 Å². The predicted octanol–water partition coefficient (Wildman–Crippen LogP) is 1.24. The first-order valence-corrected chi connectivity index (χ1v) is 8.25. The summed E-state index contributed by atoms with van der Waals surface area (Å²) in [7, 11) is 1.74. The molecule has 1 N–H and O–H groups in total. The van der Waals surface area contributed by atoms with Crippen LogP contribution in [0.15, 0.2) is 24.3 Å². The van der Waals surface area contributed by atoms with Crippen molar-refractivity contribution in [3.8, 4) is 0 Å². The number of anilines is 1. The number of ether oxygens (including phenoxy) is 2. The first kappa shape index (κ1) is 16.1. The van der Waals surface area contributed by atoms with E-state index in [2.05, 4.69) is 5.32 Å². The fourth-order valence-corrected chi connectivity index (χ4v) is 4.61. The molecule has 0 aliphatic carbocycles. The molecule has 3 heterocycles. The van der Waals surface area contributed by atoms with E-state index in [0.29, 0.717) is 5.69 Å². The van der Waals surface area contributed by atoms with Crippen LogP contribution >= 0.6 is 0 Å². The Kier molecular flexibility index (Phi) is 2.96. The number of nitrogens with zero attached hydrogens (tertiary/aromatic N) is 1. The Hall–Kier alpha value is -2.41. The van der Waals surface area contributed by atoms with Gasteiger partial charge in [-0.2, -0.15) is 0 Å². The van der Waals surface area contributed by atoms with E-state index in [1.807, 2.05) is 24.3 Å². The number of esters is 2. The van der Waals surface area contributed by atoms with Gasteiger partial charge in [0.25, 0.3) is 5.79 Å². The van der Waals surface area contributed by atoms with Crippen LogP contribution in [0.3, 0.4) is 0 Å². The second-order valence-electron chi connectivity index (χ2n) is 7.49. The zero-order chi connectivity index (χ0) is 18.2. The fraction of sp³-hybridized carbons (Fsp3) is 0.500. The van der Waals surface area contributed by atoms with Gasteiger partial charge in [-0.05, 0) is 13.1 Å². The summed E-state index contributed by atoms with van der Waals surface area (Å²) in [4.78, 5) is 40.5. The molecule has 3 aliphatic heterocycles. The normalized spacial score (nSPS) is 32.5. The topological polar surface area (TPSA) is 84.9 Å². The second-order valence-corrected chi connectivity index (χ2v) is 7.49. The van der Waals surface area contributed by atoms with Crippen LogP contribution < -0.4 is 5.32 Å². The minimum Gasteiger partial charge on any atom is -0.422 e. The van der Waals surface area contributed by atoms with E-state index >= 15 is 0 Å². The highest BCUT2D eigenvalue weighted by Gasteiger charge is 2.73. The molecule has 0 aromatic heterocycles. The van der Waals surface area contributed by atoms with Gasteiger partial charge in [-0.15, -0.1) is 0 Å². The van der Waals surface area contributed by atoms with E-state index in [0.717, 1.165) is 5.56 Å². The number of carbonyl (C=O) groups excluding carboxylic acids is 3. The molecule has 0 bridgehead atoms. The Bertz CT molecular complexity index is 797. The SMILES string of the molecule is CC1C2(CN(C)C13C(=O)Nc1ccccc13)C(=O)OC(C)(C)OC2=O. The van der Waals surface area contributed by atoms with Gasteiger partial charge in [0.1, 0.15) is 5.54 Å². The number of benzene rings is 1. The van der Waals surface area contributed by atoms with E-state index in [1.165, 1.54) is 13.8 Å². The van der Waals surface area contributed by atoms with Crippen molar-refractivity contribution in [1.82, 2.24) is 4.90 Å². The molecule has 2 saturated heterocycles. The van der Waals surface area contributed by atoms with Gasteiger partial charge in [-0.1, -0.05) is 25.1 Å². The number of likely N-dealkylation sites (tertiary alicyclic amines) is 1. The van der Waals surface area contributed by atoms with Gasteiger partial charge in [-0.3, -0.25) is 19.3 Å². The number of carbonyl (C=O) groups is 3. The summed E-state index contributed by atoms with van der Waals surface area (Å²) in [5.41, 5.74) is -1.19. The Morgan fingerprint density at radius 2 is 1.72 bits per heavy atom. The first-order chi connectivity index (χ1) is 11.7. The number of amides is 1. The smallest absolute Gasteiger partial charge is 0.328 e. The summed E-state index contributed by atoms with van der Waals surface area (Å²) in [5.74, 6) is -3.47.